The molecule has 0 fully saturated rings. The first kappa shape index (κ1) is 18.8. The van der Waals surface area contributed by atoms with Crippen molar-refractivity contribution in [2.24, 2.45) is 10.9 Å². The average molecular weight is 424 g/mol. The highest BCUT2D eigenvalue weighted by atomic mass is 32.1. The molecule has 3 atom stereocenters. The molecule has 2 aromatic heterocycles. The van der Waals surface area contributed by atoms with Crippen molar-refractivity contribution in [2.75, 3.05) is 7.11 Å². The fourth-order valence-corrected chi connectivity index (χ4v) is 5.38. The Balaban J connectivity index is 1.80. The van der Waals surface area contributed by atoms with Gasteiger partial charge < -0.3 is 9.47 Å². The first-order valence-corrected chi connectivity index (χ1v) is 10.5. The molecule has 8 nitrogen and oxygen atoms in total. The molecule has 0 aliphatic carbocycles. The zero-order valence-electron chi connectivity index (χ0n) is 16.7. The maximum atomic E-state index is 13.5. The van der Waals surface area contributed by atoms with E-state index in [9.17, 15) is 9.59 Å². The fraction of sp³-hybridized carbons (Fsp3) is 0.333. The molecule has 1 aromatic carbocycles. The molecule has 2 bridgehead atoms. The van der Waals surface area contributed by atoms with Gasteiger partial charge in [0, 0.05) is 18.3 Å². The summed E-state index contributed by atoms with van der Waals surface area (Å²) >= 11 is 1.29. The van der Waals surface area contributed by atoms with E-state index in [1.54, 1.807) is 17.7 Å². The van der Waals surface area contributed by atoms with Gasteiger partial charge in [-0.05, 0) is 32.1 Å². The number of ether oxygens (including phenoxy) is 2. The lowest BCUT2D eigenvalue weighted by Gasteiger charge is -2.44. The van der Waals surface area contributed by atoms with Gasteiger partial charge in [-0.3, -0.25) is 18.8 Å². The first-order valence-electron chi connectivity index (χ1n) is 9.67. The van der Waals surface area contributed by atoms with E-state index in [0.29, 0.717) is 21.6 Å². The van der Waals surface area contributed by atoms with Gasteiger partial charge in [-0.25, -0.2) is 4.99 Å². The number of nitrogens with zero attached hydrogens (tertiary/aromatic N) is 4. The van der Waals surface area contributed by atoms with E-state index in [2.05, 4.69) is 5.10 Å². The minimum Gasteiger partial charge on any atom is -0.469 e. The predicted octanol–water partition coefficient (Wildman–Crippen LogP) is 1.08. The van der Waals surface area contributed by atoms with Gasteiger partial charge in [0.2, 0.25) is 5.72 Å². The number of rotatable bonds is 3. The lowest BCUT2D eigenvalue weighted by molar-refractivity contribution is -0.158. The molecule has 0 saturated heterocycles. The number of aromatic nitrogens is 3. The molecule has 5 rings (SSSR count). The summed E-state index contributed by atoms with van der Waals surface area (Å²) in [5, 5.41) is 4.26. The Labute approximate surface area is 175 Å². The number of para-hydroxylation sites is 1. The second-order valence-corrected chi connectivity index (χ2v) is 8.40. The molecule has 2 aliphatic heterocycles. The van der Waals surface area contributed by atoms with Crippen molar-refractivity contribution in [3.63, 3.8) is 0 Å². The summed E-state index contributed by atoms with van der Waals surface area (Å²) in [6.07, 6.45) is 3.52. The van der Waals surface area contributed by atoms with Crippen LogP contribution in [-0.2, 0) is 16.1 Å². The van der Waals surface area contributed by atoms with Crippen LogP contribution in [0.1, 0.15) is 31.1 Å². The molecule has 0 radical (unpaired) electrons. The number of carbonyl (C=O) groups excluding carboxylic acids is 1. The fourth-order valence-electron chi connectivity index (χ4n) is 4.30. The quantitative estimate of drug-likeness (QED) is 0.587. The average Bonchev–Trinajstić information content (AvgIpc) is 3.30. The normalized spacial score (nSPS) is 24.4. The van der Waals surface area contributed by atoms with Crippen LogP contribution in [0.25, 0.3) is 6.08 Å². The minimum atomic E-state index is -1.16. The third kappa shape index (κ3) is 2.58. The van der Waals surface area contributed by atoms with Crippen molar-refractivity contribution < 1.29 is 14.3 Å². The van der Waals surface area contributed by atoms with Gasteiger partial charge in [0.15, 0.2) is 4.80 Å². The number of hydrogen-bond donors (Lipinski definition) is 0. The number of benzene rings is 1. The Kier molecular flexibility index (Phi) is 4.18. The Morgan fingerprint density at radius 3 is 2.93 bits per heavy atom. The van der Waals surface area contributed by atoms with E-state index in [4.69, 9.17) is 14.5 Å². The molecule has 0 unspecified atom stereocenters. The van der Waals surface area contributed by atoms with Crippen LogP contribution >= 0.6 is 11.3 Å². The number of carbonyl (C=O) groups is 1. The third-order valence-corrected chi connectivity index (χ3v) is 6.65. The van der Waals surface area contributed by atoms with Crippen molar-refractivity contribution in [3.8, 4) is 5.75 Å². The molecule has 4 heterocycles. The highest BCUT2D eigenvalue weighted by molar-refractivity contribution is 7.07. The molecule has 154 valence electrons. The lowest BCUT2D eigenvalue weighted by atomic mass is 9.81. The van der Waals surface area contributed by atoms with Crippen LogP contribution in [0.5, 0.6) is 5.75 Å². The van der Waals surface area contributed by atoms with Crippen molar-refractivity contribution >= 4 is 23.4 Å². The second-order valence-electron chi connectivity index (χ2n) is 7.39. The number of methoxy groups -OCH3 is 1. The van der Waals surface area contributed by atoms with Crippen LogP contribution in [-0.4, -0.2) is 33.2 Å². The molecule has 0 spiro atoms. The number of esters is 1. The molecule has 2 aliphatic rings. The van der Waals surface area contributed by atoms with Crippen LogP contribution in [0.4, 0.5) is 0 Å². The molecule has 3 aromatic rings. The van der Waals surface area contributed by atoms with Crippen LogP contribution in [0.15, 0.2) is 46.3 Å². The minimum absolute atomic E-state index is 0.194. The van der Waals surface area contributed by atoms with Gasteiger partial charge in [0.1, 0.15) is 11.7 Å². The van der Waals surface area contributed by atoms with E-state index in [1.165, 1.54) is 18.4 Å². The smallest absolute Gasteiger partial charge is 0.317 e. The van der Waals surface area contributed by atoms with Crippen molar-refractivity contribution in [1.82, 2.24) is 14.3 Å². The van der Waals surface area contributed by atoms with E-state index in [-0.39, 0.29) is 5.56 Å². The third-order valence-electron chi connectivity index (χ3n) is 5.66. The van der Waals surface area contributed by atoms with E-state index >= 15 is 0 Å². The van der Waals surface area contributed by atoms with Gasteiger partial charge in [-0.1, -0.05) is 29.5 Å². The largest absolute Gasteiger partial charge is 0.469 e. The SMILES string of the molecule is CCn1nccc1/C=c1\sc2n(c1=O)[C@H]1c3ccccc3O[C@](C)(N=2)[C@@H]1C(=O)OC. The Morgan fingerprint density at radius 2 is 2.17 bits per heavy atom. The van der Waals surface area contributed by atoms with Gasteiger partial charge in [-0.15, -0.1) is 0 Å². The van der Waals surface area contributed by atoms with Gasteiger partial charge >= 0.3 is 5.97 Å². The summed E-state index contributed by atoms with van der Waals surface area (Å²) in [5.41, 5.74) is 0.252. The molecule has 0 saturated carbocycles. The maximum Gasteiger partial charge on any atom is 0.317 e. The number of fused-ring (bicyclic) bond motifs is 6. The lowest BCUT2D eigenvalue weighted by Crippen LogP contribution is -2.58. The van der Waals surface area contributed by atoms with Crippen LogP contribution in [0.3, 0.4) is 0 Å². The predicted molar refractivity (Wildman–Crippen MR) is 110 cm³/mol. The topological polar surface area (TPSA) is 87.7 Å². The standard InChI is InChI=1S/C21H20N4O4S/c1-4-24-12(9-10-22-24)11-15-18(26)25-17-13-7-5-6-8-14(13)29-21(2,23-20(25)30-15)16(17)19(27)28-3/h5-11,16-17H,4H2,1-3H3/b15-11-/t16-,17-,21-/m0/s1. The van der Waals surface area contributed by atoms with Gasteiger partial charge in [0.05, 0.1) is 23.4 Å². The number of hydrogen-bond acceptors (Lipinski definition) is 7. The zero-order valence-corrected chi connectivity index (χ0v) is 17.5. The Bertz CT molecular complexity index is 1340. The molecule has 0 amide bonds. The second kappa shape index (κ2) is 6.66. The first-order chi connectivity index (χ1) is 14.5. The summed E-state index contributed by atoms with van der Waals surface area (Å²) < 4.78 is 15.2. The molecule has 30 heavy (non-hydrogen) atoms. The molecule has 9 heteroatoms. The van der Waals surface area contributed by atoms with E-state index < -0.39 is 23.7 Å². The molecular weight excluding hydrogens is 404 g/mol. The van der Waals surface area contributed by atoms with E-state index in [1.807, 2.05) is 48.0 Å². The van der Waals surface area contributed by atoms with Crippen LogP contribution in [0, 0.1) is 5.92 Å². The molecular formula is C21H20N4O4S. The van der Waals surface area contributed by atoms with Gasteiger partial charge in [-0.2, -0.15) is 5.10 Å². The summed E-state index contributed by atoms with van der Waals surface area (Å²) in [7, 11) is 1.34. The summed E-state index contributed by atoms with van der Waals surface area (Å²) in [6, 6.07) is 8.75. The van der Waals surface area contributed by atoms with Crippen molar-refractivity contribution in [1.29, 1.82) is 0 Å². The summed E-state index contributed by atoms with van der Waals surface area (Å²) in [5.74, 6) is -0.613. The number of thiazole rings is 1. The maximum absolute atomic E-state index is 13.5. The highest BCUT2D eigenvalue weighted by Crippen LogP contribution is 2.47. The zero-order chi connectivity index (χ0) is 21.0. The molecule has 0 N–H and O–H groups in total. The highest BCUT2D eigenvalue weighted by Gasteiger charge is 2.55. The van der Waals surface area contributed by atoms with Gasteiger partial charge in [0.25, 0.3) is 5.56 Å². The van der Waals surface area contributed by atoms with Crippen LogP contribution < -0.4 is 19.6 Å². The van der Waals surface area contributed by atoms with Crippen LogP contribution in [0.2, 0.25) is 0 Å². The number of aryl methyl sites for hydroxylation is 1. The Morgan fingerprint density at radius 1 is 1.37 bits per heavy atom. The monoisotopic (exact) mass is 424 g/mol. The van der Waals surface area contributed by atoms with E-state index in [0.717, 1.165) is 11.3 Å². The Hall–Kier alpha value is -3.20. The summed E-state index contributed by atoms with van der Waals surface area (Å²) in [4.78, 5) is 31.5. The summed E-state index contributed by atoms with van der Waals surface area (Å²) in [6.45, 7) is 4.45. The van der Waals surface area contributed by atoms with Crippen molar-refractivity contribution in [3.05, 3.63) is 67.5 Å². The van der Waals surface area contributed by atoms with Crippen molar-refractivity contribution in [2.45, 2.75) is 32.2 Å².